The first-order valence-corrected chi connectivity index (χ1v) is 5.87. The summed E-state index contributed by atoms with van der Waals surface area (Å²) in [6, 6.07) is 11.0. The van der Waals surface area contributed by atoms with Gasteiger partial charge in [-0.3, -0.25) is 10.1 Å². The Balaban J connectivity index is 2.20. The first-order valence-electron chi connectivity index (χ1n) is 5.49. The molecule has 4 nitrogen and oxygen atoms in total. The summed E-state index contributed by atoms with van der Waals surface area (Å²) in [7, 11) is 0. The second-order valence-electron chi connectivity index (χ2n) is 3.88. The molecule has 2 aromatic rings. The third kappa shape index (κ3) is 3.20. The highest BCUT2D eigenvalue weighted by atomic mass is 35.5. The molecule has 0 amide bonds. The zero-order chi connectivity index (χ0) is 13.8. The van der Waals surface area contributed by atoms with Crippen molar-refractivity contribution in [3.05, 3.63) is 69.0 Å². The van der Waals surface area contributed by atoms with Crippen molar-refractivity contribution in [2.24, 2.45) is 0 Å². The lowest BCUT2D eigenvalue weighted by Crippen LogP contribution is -2.04. The molecule has 0 aliphatic rings. The Hall–Kier alpha value is -2.14. The molecule has 0 unspecified atom stereocenters. The van der Waals surface area contributed by atoms with E-state index < -0.39 is 16.4 Å². The van der Waals surface area contributed by atoms with E-state index in [4.69, 9.17) is 11.6 Å². The maximum absolute atomic E-state index is 13.4. The maximum atomic E-state index is 13.4. The fourth-order valence-corrected chi connectivity index (χ4v) is 1.90. The monoisotopic (exact) mass is 280 g/mol. The number of nitro benzene ring substituents is 1. The molecular formula is C13H10ClFN2O2. The molecule has 0 aromatic heterocycles. The average molecular weight is 281 g/mol. The van der Waals surface area contributed by atoms with Crippen LogP contribution in [0.15, 0.2) is 42.5 Å². The number of rotatable bonds is 4. The van der Waals surface area contributed by atoms with Gasteiger partial charge in [-0.15, -0.1) is 0 Å². The van der Waals surface area contributed by atoms with Crippen LogP contribution < -0.4 is 5.32 Å². The van der Waals surface area contributed by atoms with E-state index in [1.54, 1.807) is 18.2 Å². The second-order valence-corrected chi connectivity index (χ2v) is 4.31. The molecule has 0 atom stereocenters. The molecule has 6 heteroatoms. The fourth-order valence-electron chi connectivity index (χ4n) is 1.69. The third-order valence-corrected chi connectivity index (χ3v) is 2.78. The van der Waals surface area contributed by atoms with Gasteiger partial charge in [-0.25, -0.2) is 0 Å². The highest BCUT2D eigenvalue weighted by molar-refractivity contribution is 6.30. The molecule has 0 fully saturated rings. The topological polar surface area (TPSA) is 55.2 Å². The van der Waals surface area contributed by atoms with Crippen LogP contribution in [0.25, 0.3) is 0 Å². The molecule has 0 radical (unpaired) electrons. The molecule has 0 spiro atoms. The van der Waals surface area contributed by atoms with Crippen LogP contribution in [-0.4, -0.2) is 4.92 Å². The molecule has 0 aliphatic heterocycles. The van der Waals surface area contributed by atoms with Gasteiger partial charge in [0.25, 0.3) is 0 Å². The quantitative estimate of drug-likeness (QED) is 0.680. The number of anilines is 1. The van der Waals surface area contributed by atoms with Crippen LogP contribution in [0.2, 0.25) is 5.02 Å². The van der Waals surface area contributed by atoms with Gasteiger partial charge in [0.05, 0.1) is 4.92 Å². The molecule has 19 heavy (non-hydrogen) atoms. The van der Waals surface area contributed by atoms with Gasteiger partial charge in [-0.2, -0.15) is 4.39 Å². The zero-order valence-electron chi connectivity index (χ0n) is 9.77. The van der Waals surface area contributed by atoms with Crippen molar-refractivity contribution in [2.45, 2.75) is 6.54 Å². The minimum absolute atomic E-state index is 0.143. The van der Waals surface area contributed by atoms with Gasteiger partial charge in [0.15, 0.2) is 0 Å². The summed E-state index contributed by atoms with van der Waals surface area (Å²) in [4.78, 5) is 10.1. The average Bonchev–Trinajstić information content (AvgIpc) is 2.36. The van der Waals surface area contributed by atoms with E-state index in [2.05, 4.69) is 5.32 Å². The van der Waals surface area contributed by atoms with E-state index in [1.165, 1.54) is 12.1 Å². The van der Waals surface area contributed by atoms with Crippen LogP contribution in [0.5, 0.6) is 0 Å². The highest BCUT2D eigenvalue weighted by Crippen LogP contribution is 2.27. The lowest BCUT2D eigenvalue weighted by molar-refractivity contribution is -0.386. The Kier molecular flexibility index (Phi) is 3.97. The summed E-state index contributed by atoms with van der Waals surface area (Å²) in [5, 5.41) is 14.2. The van der Waals surface area contributed by atoms with Crippen molar-refractivity contribution >= 4 is 23.0 Å². The van der Waals surface area contributed by atoms with Gasteiger partial charge >= 0.3 is 5.69 Å². The van der Waals surface area contributed by atoms with Crippen molar-refractivity contribution in [3.63, 3.8) is 0 Å². The lowest BCUT2D eigenvalue weighted by atomic mass is 10.2. The van der Waals surface area contributed by atoms with Gasteiger partial charge in [-0.1, -0.05) is 29.8 Å². The molecule has 0 bridgehead atoms. The summed E-state index contributed by atoms with van der Waals surface area (Å²) in [6.45, 7) is 0.324. The van der Waals surface area contributed by atoms with E-state index in [9.17, 15) is 14.5 Å². The lowest BCUT2D eigenvalue weighted by Gasteiger charge is -2.07. The predicted molar refractivity (Wildman–Crippen MR) is 71.8 cm³/mol. The number of nitro groups is 1. The number of halogens is 2. The van der Waals surface area contributed by atoms with Gasteiger partial charge < -0.3 is 5.32 Å². The number of hydrogen-bond acceptors (Lipinski definition) is 3. The predicted octanol–water partition coefficient (Wildman–Crippen LogP) is 4.00. The van der Waals surface area contributed by atoms with Gasteiger partial charge in [-0.05, 0) is 29.8 Å². The first-order chi connectivity index (χ1) is 9.08. The Labute approximate surface area is 114 Å². The first kappa shape index (κ1) is 13.3. The van der Waals surface area contributed by atoms with Gasteiger partial charge in [0, 0.05) is 11.6 Å². The number of benzene rings is 2. The van der Waals surface area contributed by atoms with Crippen LogP contribution >= 0.6 is 11.6 Å². The molecule has 0 saturated heterocycles. The number of nitrogens with one attached hydrogen (secondary N) is 1. The molecule has 0 aliphatic carbocycles. The van der Waals surface area contributed by atoms with E-state index in [0.717, 1.165) is 11.6 Å². The SMILES string of the molecule is O=[N+]([O-])c1c(F)cccc1NCc1cccc(Cl)c1. The normalized spacial score (nSPS) is 10.2. The van der Waals surface area contributed by atoms with Crippen molar-refractivity contribution in [1.82, 2.24) is 0 Å². The van der Waals surface area contributed by atoms with Crippen molar-refractivity contribution in [3.8, 4) is 0 Å². The Morgan fingerprint density at radius 1 is 1.26 bits per heavy atom. The van der Waals surface area contributed by atoms with Crippen molar-refractivity contribution in [1.29, 1.82) is 0 Å². The van der Waals surface area contributed by atoms with Crippen LogP contribution in [0.1, 0.15) is 5.56 Å². The summed E-state index contributed by atoms with van der Waals surface area (Å²) in [6.07, 6.45) is 0. The smallest absolute Gasteiger partial charge is 0.327 e. The molecule has 98 valence electrons. The van der Waals surface area contributed by atoms with Crippen molar-refractivity contribution in [2.75, 3.05) is 5.32 Å². The molecular weight excluding hydrogens is 271 g/mol. The minimum Gasteiger partial charge on any atom is -0.375 e. The molecule has 1 N–H and O–H groups in total. The Morgan fingerprint density at radius 3 is 2.68 bits per heavy atom. The largest absolute Gasteiger partial charge is 0.375 e. The number of nitrogens with zero attached hydrogens (tertiary/aromatic N) is 1. The second kappa shape index (κ2) is 5.67. The fraction of sp³-hybridized carbons (Fsp3) is 0.0769. The summed E-state index contributed by atoms with van der Waals surface area (Å²) < 4.78 is 13.4. The molecule has 0 heterocycles. The van der Waals surface area contributed by atoms with E-state index in [1.807, 2.05) is 6.07 Å². The van der Waals surface area contributed by atoms with Gasteiger partial charge in [0.1, 0.15) is 5.69 Å². The maximum Gasteiger partial charge on any atom is 0.327 e. The Bertz CT molecular complexity index is 619. The number of para-hydroxylation sites is 1. The molecule has 2 rings (SSSR count). The van der Waals surface area contributed by atoms with Crippen molar-refractivity contribution < 1.29 is 9.31 Å². The van der Waals surface area contributed by atoms with E-state index in [0.29, 0.717) is 11.6 Å². The zero-order valence-corrected chi connectivity index (χ0v) is 10.5. The summed E-state index contributed by atoms with van der Waals surface area (Å²) in [5.74, 6) is -0.860. The summed E-state index contributed by atoms with van der Waals surface area (Å²) in [5.41, 5.74) is 0.445. The summed E-state index contributed by atoms with van der Waals surface area (Å²) >= 11 is 5.84. The standard InChI is InChI=1S/C13H10ClFN2O2/c14-10-4-1-3-9(7-10)8-16-12-6-2-5-11(15)13(12)17(18)19/h1-7,16H,8H2. The number of hydrogen-bond donors (Lipinski definition) is 1. The molecule has 2 aromatic carbocycles. The van der Waals surface area contributed by atoms with E-state index in [-0.39, 0.29) is 5.69 Å². The highest BCUT2D eigenvalue weighted by Gasteiger charge is 2.19. The minimum atomic E-state index is -0.860. The third-order valence-electron chi connectivity index (χ3n) is 2.54. The van der Waals surface area contributed by atoms with Gasteiger partial charge in [0.2, 0.25) is 5.82 Å². The van der Waals surface area contributed by atoms with E-state index >= 15 is 0 Å². The van der Waals surface area contributed by atoms with Crippen LogP contribution in [-0.2, 0) is 6.54 Å². The molecule has 0 saturated carbocycles. The van der Waals surface area contributed by atoms with Crippen LogP contribution in [0.3, 0.4) is 0 Å². The Morgan fingerprint density at radius 2 is 2.00 bits per heavy atom. The van der Waals surface area contributed by atoms with Crippen LogP contribution in [0.4, 0.5) is 15.8 Å². The van der Waals surface area contributed by atoms with Crippen LogP contribution in [0, 0.1) is 15.9 Å².